The van der Waals surface area contributed by atoms with E-state index in [-0.39, 0.29) is 11.4 Å². The lowest BCUT2D eigenvalue weighted by Gasteiger charge is -2.19. The fourth-order valence-electron chi connectivity index (χ4n) is 3.34. The molecule has 1 aromatic heterocycles. The average Bonchev–Trinajstić information content (AvgIpc) is 3.03. The lowest BCUT2D eigenvalue weighted by Crippen LogP contribution is -2.33. The summed E-state index contributed by atoms with van der Waals surface area (Å²) < 4.78 is 5.22. The van der Waals surface area contributed by atoms with Crippen LogP contribution >= 0.6 is 0 Å². The number of urea groups is 1. The highest BCUT2D eigenvalue weighted by atomic mass is 16.6. The van der Waals surface area contributed by atoms with Crippen molar-refractivity contribution in [2.75, 3.05) is 11.9 Å². The topological polar surface area (TPSA) is 152 Å². The molecule has 9 nitrogen and oxygen atoms in total. The molecule has 0 aliphatic carbocycles. The molecule has 3 aromatic rings. The van der Waals surface area contributed by atoms with Crippen LogP contribution in [0, 0.1) is 0 Å². The Labute approximate surface area is 185 Å². The van der Waals surface area contributed by atoms with Gasteiger partial charge in [-0.15, -0.1) is 0 Å². The first-order valence-corrected chi connectivity index (χ1v) is 10.1. The fraction of sp³-hybridized carbons (Fsp3) is 0.261. The van der Waals surface area contributed by atoms with Crippen molar-refractivity contribution >= 4 is 34.8 Å². The standard InChI is InChI=1S/C23H27N5O4/c1-23(2,3)32-22(31)26-11-10-13-4-6-14(7-5-13)15-8-9-16-17(12-15)27-20(28-21(25)30)18(16)19(24)29/h4-9,12,27H,10-11H2,1-3H3,(H2,24,29)(H,26,31)(H3,25,28,30). The van der Waals surface area contributed by atoms with E-state index >= 15 is 0 Å². The molecule has 0 aliphatic heterocycles. The van der Waals surface area contributed by atoms with Crippen molar-refractivity contribution in [3.05, 3.63) is 53.6 Å². The van der Waals surface area contributed by atoms with Gasteiger partial charge in [0, 0.05) is 17.4 Å². The van der Waals surface area contributed by atoms with Gasteiger partial charge in [-0.25, -0.2) is 9.59 Å². The fourth-order valence-corrected chi connectivity index (χ4v) is 3.34. The number of ether oxygens (including phenoxy) is 1. The zero-order valence-corrected chi connectivity index (χ0v) is 18.2. The highest BCUT2D eigenvalue weighted by Crippen LogP contribution is 2.30. The molecule has 0 bridgehead atoms. The summed E-state index contributed by atoms with van der Waals surface area (Å²) in [4.78, 5) is 37.8. The molecule has 0 unspecified atom stereocenters. The number of alkyl carbamates (subject to hydrolysis) is 1. The number of rotatable bonds is 6. The lowest BCUT2D eigenvalue weighted by molar-refractivity contribution is 0.0528. The molecule has 0 fully saturated rings. The molecule has 0 saturated heterocycles. The number of fused-ring (bicyclic) bond motifs is 1. The minimum atomic E-state index is -0.795. The van der Waals surface area contributed by atoms with E-state index in [1.54, 1.807) is 6.07 Å². The van der Waals surface area contributed by atoms with Crippen molar-refractivity contribution in [2.45, 2.75) is 32.8 Å². The van der Waals surface area contributed by atoms with Crippen LogP contribution in [-0.4, -0.2) is 35.2 Å². The maximum atomic E-state index is 11.8. The number of hydrogen-bond acceptors (Lipinski definition) is 4. The molecule has 0 saturated carbocycles. The highest BCUT2D eigenvalue weighted by molar-refractivity contribution is 6.13. The third kappa shape index (κ3) is 5.57. The van der Waals surface area contributed by atoms with E-state index in [4.69, 9.17) is 16.2 Å². The molecule has 0 aliphatic rings. The van der Waals surface area contributed by atoms with Gasteiger partial charge in [-0.05, 0) is 49.9 Å². The monoisotopic (exact) mass is 437 g/mol. The van der Waals surface area contributed by atoms with E-state index in [1.165, 1.54) is 0 Å². The molecule has 32 heavy (non-hydrogen) atoms. The number of nitrogens with one attached hydrogen (secondary N) is 3. The van der Waals surface area contributed by atoms with E-state index in [0.717, 1.165) is 16.7 Å². The van der Waals surface area contributed by atoms with Crippen LogP contribution in [0.2, 0.25) is 0 Å². The molecule has 7 N–H and O–H groups in total. The summed E-state index contributed by atoms with van der Waals surface area (Å²) >= 11 is 0. The Kier molecular flexibility index (Phi) is 6.38. The van der Waals surface area contributed by atoms with Gasteiger partial charge < -0.3 is 26.5 Å². The minimum absolute atomic E-state index is 0.171. The number of aromatic nitrogens is 1. The van der Waals surface area contributed by atoms with Crippen molar-refractivity contribution in [2.24, 2.45) is 11.5 Å². The van der Waals surface area contributed by atoms with Crippen molar-refractivity contribution in [1.29, 1.82) is 0 Å². The van der Waals surface area contributed by atoms with Crippen LogP contribution in [0.5, 0.6) is 0 Å². The molecule has 168 valence electrons. The molecule has 9 heteroatoms. The molecule has 1 heterocycles. The third-order valence-corrected chi connectivity index (χ3v) is 4.66. The number of carbonyl (C=O) groups excluding carboxylic acids is 3. The van der Waals surface area contributed by atoms with Gasteiger partial charge in [-0.3, -0.25) is 10.1 Å². The number of amides is 4. The largest absolute Gasteiger partial charge is 0.444 e. The first-order chi connectivity index (χ1) is 15.0. The Hall–Kier alpha value is -4.01. The molecular weight excluding hydrogens is 410 g/mol. The predicted octanol–water partition coefficient (Wildman–Crippen LogP) is 3.49. The maximum absolute atomic E-state index is 11.8. The third-order valence-electron chi connectivity index (χ3n) is 4.66. The summed E-state index contributed by atoms with van der Waals surface area (Å²) in [5.74, 6) is -0.498. The smallest absolute Gasteiger partial charge is 0.407 e. The number of carbonyl (C=O) groups is 3. The number of anilines is 1. The number of aromatic amines is 1. The van der Waals surface area contributed by atoms with E-state index in [0.29, 0.717) is 23.9 Å². The van der Waals surface area contributed by atoms with Crippen LogP contribution in [0.15, 0.2) is 42.5 Å². The van der Waals surface area contributed by atoms with Gasteiger partial charge in [0.05, 0.1) is 5.56 Å². The van der Waals surface area contributed by atoms with Crippen LogP contribution < -0.4 is 22.1 Å². The van der Waals surface area contributed by atoms with E-state index in [9.17, 15) is 14.4 Å². The number of hydrogen-bond donors (Lipinski definition) is 5. The highest BCUT2D eigenvalue weighted by Gasteiger charge is 2.18. The second-order valence-electron chi connectivity index (χ2n) is 8.36. The van der Waals surface area contributed by atoms with Crippen LogP contribution in [0.25, 0.3) is 22.0 Å². The van der Waals surface area contributed by atoms with Crippen LogP contribution in [0.4, 0.5) is 15.4 Å². The van der Waals surface area contributed by atoms with E-state index < -0.39 is 23.6 Å². The van der Waals surface area contributed by atoms with Gasteiger partial charge in [-0.1, -0.05) is 36.4 Å². The second kappa shape index (κ2) is 9.01. The zero-order valence-electron chi connectivity index (χ0n) is 18.2. The predicted molar refractivity (Wildman–Crippen MR) is 123 cm³/mol. The van der Waals surface area contributed by atoms with Gasteiger partial charge in [0.15, 0.2) is 0 Å². The SMILES string of the molecule is CC(C)(C)OC(=O)NCCc1ccc(-c2ccc3c(C(N)=O)c(NC(N)=O)[nH]c3c2)cc1. The van der Waals surface area contributed by atoms with Crippen molar-refractivity contribution in [3.63, 3.8) is 0 Å². The summed E-state index contributed by atoms with van der Waals surface area (Å²) in [5, 5.41) is 5.73. The zero-order chi connectivity index (χ0) is 23.5. The maximum Gasteiger partial charge on any atom is 0.407 e. The quantitative estimate of drug-likeness (QED) is 0.401. The van der Waals surface area contributed by atoms with Crippen LogP contribution in [-0.2, 0) is 11.2 Å². The second-order valence-corrected chi connectivity index (χ2v) is 8.36. The van der Waals surface area contributed by atoms with Crippen LogP contribution in [0.3, 0.4) is 0 Å². The van der Waals surface area contributed by atoms with Gasteiger partial charge in [-0.2, -0.15) is 0 Å². The molecular formula is C23H27N5O4. The normalized spacial score (nSPS) is 11.2. The molecule has 2 aromatic carbocycles. The van der Waals surface area contributed by atoms with Gasteiger partial charge >= 0.3 is 12.1 Å². The molecule has 3 rings (SSSR count). The summed E-state index contributed by atoms with van der Waals surface area (Å²) in [6.45, 7) is 5.92. The van der Waals surface area contributed by atoms with Gasteiger partial charge in [0.1, 0.15) is 11.4 Å². The molecule has 4 amide bonds. The number of H-pyrrole nitrogens is 1. The first-order valence-electron chi connectivity index (χ1n) is 10.1. The Balaban J connectivity index is 1.73. The van der Waals surface area contributed by atoms with E-state index in [1.807, 2.05) is 57.2 Å². The Morgan fingerprint density at radius 1 is 1.00 bits per heavy atom. The number of nitrogens with two attached hydrogens (primary N) is 2. The average molecular weight is 438 g/mol. The Morgan fingerprint density at radius 3 is 2.25 bits per heavy atom. The van der Waals surface area contributed by atoms with Crippen molar-refractivity contribution < 1.29 is 19.1 Å². The van der Waals surface area contributed by atoms with Gasteiger partial charge in [0.2, 0.25) is 0 Å². The summed E-state index contributed by atoms with van der Waals surface area (Å²) in [6.07, 6.45) is 0.230. The van der Waals surface area contributed by atoms with E-state index in [2.05, 4.69) is 15.6 Å². The number of benzene rings is 2. The van der Waals surface area contributed by atoms with Gasteiger partial charge in [0.25, 0.3) is 5.91 Å². The minimum Gasteiger partial charge on any atom is -0.444 e. The lowest BCUT2D eigenvalue weighted by atomic mass is 10.0. The molecule has 0 atom stereocenters. The van der Waals surface area contributed by atoms with Crippen LogP contribution in [0.1, 0.15) is 36.7 Å². The van der Waals surface area contributed by atoms with Crippen molar-refractivity contribution in [1.82, 2.24) is 10.3 Å². The summed E-state index contributed by atoms with van der Waals surface area (Å²) in [6, 6.07) is 12.6. The summed E-state index contributed by atoms with van der Waals surface area (Å²) in [7, 11) is 0. The van der Waals surface area contributed by atoms with Crippen molar-refractivity contribution in [3.8, 4) is 11.1 Å². The molecule has 0 spiro atoms. The number of primary amides is 2. The Bertz CT molecular complexity index is 1160. The molecule has 0 radical (unpaired) electrons. The Morgan fingerprint density at radius 2 is 1.66 bits per heavy atom. The first kappa shape index (κ1) is 22.7. The summed E-state index contributed by atoms with van der Waals surface area (Å²) in [5.41, 5.74) is 13.9.